The van der Waals surface area contributed by atoms with Crippen LogP contribution in [-0.4, -0.2) is 24.2 Å². The lowest BCUT2D eigenvalue weighted by Crippen LogP contribution is -2.30. The predicted octanol–water partition coefficient (Wildman–Crippen LogP) is 7.13. The largest absolute Gasteiger partial charge is 0.463 e. The van der Waals surface area contributed by atoms with Crippen molar-refractivity contribution in [3.63, 3.8) is 0 Å². The second-order valence-corrected chi connectivity index (χ2v) is 10.1. The first-order valence-corrected chi connectivity index (χ1v) is 13.7. The number of hydrogen-bond donors (Lipinski definition) is 2. The molecule has 0 aliphatic carbocycles. The number of alkyl halides is 3. The highest BCUT2D eigenvalue weighted by Gasteiger charge is 2.38. The second kappa shape index (κ2) is 13.0. The molecule has 2 N–H and O–H groups in total. The summed E-state index contributed by atoms with van der Waals surface area (Å²) < 4.78 is 45.6. The number of thioether (sulfide) groups is 1. The summed E-state index contributed by atoms with van der Waals surface area (Å²) >= 11 is 7.47. The van der Waals surface area contributed by atoms with Gasteiger partial charge in [-0.15, -0.1) is 0 Å². The van der Waals surface area contributed by atoms with Crippen molar-refractivity contribution in [3.8, 4) is 6.07 Å². The number of nitrogens with one attached hydrogen (secondary N) is 2. The molecule has 1 aliphatic heterocycles. The van der Waals surface area contributed by atoms with Crippen LogP contribution in [0.5, 0.6) is 0 Å². The van der Waals surface area contributed by atoms with Gasteiger partial charge in [0.05, 0.1) is 57.5 Å². The zero-order valence-electron chi connectivity index (χ0n) is 21.6. The van der Waals surface area contributed by atoms with Crippen LogP contribution in [0.1, 0.15) is 29.5 Å². The van der Waals surface area contributed by atoms with Crippen molar-refractivity contribution >= 4 is 46.6 Å². The Morgan fingerprint density at radius 3 is 2.37 bits per heavy atom. The first kappa shape index (κ1) is 29.8. The van der Waals surface area contributed by atoms with Gasteiger partial charge in [0.2, 0.25) is 5.91 Å². The monoisotopic (exact) mass is 597 g/mol. The number of esters is 1. The quantitative estimate of drug-likeness (QED) is 0.269. The van der Waals surface area contributed by atoms with Crippen molar-refractivity contribution in [2.75, 3.05) is 17.7 Å². The third-order valence-electron chi connectivity index (χ3n) is 6.08. The van der Waals surface area contributed by atoms with Crippen LogP contribution in [-0.2, 0) is 20.5 Å². The summed E-state index contributed by atoms with van der Waals surface area (Å²) in [6.07, 6.45) is -4.65. The number of dihydropyridines is 1. The third-order valence-corrected chi connectivity index (χ3v) is 7.44. The molecule has 0 radical (unpaired) electrons. The molecule has 0 fully saturated rings. The molecule has 4 rings (SSSR count). The number of amides is 1. The zero-order chi connectivity index (χ0) is 29.6. The number of hydrogen-bond acceptors (Lipinski definition) is 6. The van der Waals surface area contributed by atoms with Gasteiger partial charge in [-0.2, -0.15) is 18.4 Å². The molecule has 210 valence electrons. The highest BCUT2D eigenvalue weighted by molar-refractivity contribution is 8.03. The number of halogens is 4. The Balaban J connectivity index is 1.75. The fourth-order valence-corrected chi connectivity index (χ4v) is 5.43. The van der Waals surface area contributed by atoms with E-state index in [9.17, 15) is 28.0 Å². The number of rotatable bonds is 8. The third kappa shape index (κ3) is 6.76. The molecular weight excluding hydrogens is 575 g/mol. The zero-order valence-corrected chi connectivity index (χ0v) is 23.2. The molecule has 1 unspecified atom stereocenters. The van der Waals surface area contributed by atoms with Gasteiger partial charge in [-0.25, -0.2) is 4.79 Å². The van der Waals surface area contributed by atoms with E-state index >= 15 is 0 Å². The topological polar surface area (TPSA) is 91.2 Å². The molecule has 6 nitrogen and oxygen atoms in total. The molecule has 11 heteroatoms. The molecule has 1 amide bonds. The molecule has 0 bridgehead atoms. The number of nitriles is 1. The first-order chi connectivity index (χ1) is 19.7. The van der Waals surface area contributed by atoms with E-state index in [0.29, 0.717) is 21.8 Å². The molecule has 0 saturated heterocycles. The van der Waals surface area contributed by atoms with Gasteiger partial charge in [-0.05, 0) is 36.2 Å². The van der Waals surface area contributed by atoms with E-state index in [4.69, 9.17) is 16.3 Å². The van der Waals surface area contributed by atoms with E-state index in [2.05, 4.69) is 16.7 Å². The van der Waals surface area contributed by atoms with Gasteiger partial charge in [0, 0.05) is 5.02 Å². The van der Waals surface area contributed by atoms with Crippen LogP contribution in [0.25, 0.3) is 5.70 Å². The molecular formula is C30H23ClF3N3O3S. The van der Waals surface area contributed by atoms with Crippen molar-refractivity contribution in [1.29, 1.82) is 5.26 Å². The highest BCUT2D eigenvalue weighted by Crippen LogP contribution is 2.45. The van der Waals surface area contributed by atoms with Gasteiger partial charge in [-0.3, -0.25) is 4.79 Å². The van der Waals surface area contributed by atoms with Gasteiger partial charge in [0.1, 0.15) is 0 Å². The van der Waals surface area contributed by atoms with Crippen molar-refractivity contribution in [3.05, 3.63) is 117 Å². The summed E-state index contributed by atoms with van der Waals surface area (Å²) in [7, 11) is 0. The van der Waals surface area contributed by atoms with Crippen LogP contribution in [0.3, 0.4) is 0 Å². The fourth-order valence-electron chi connectivity index (χ4n) is 4.34. The van der Waals surface area contributed by atoms with Gasteiger partial charge in [0.15, 0.2) is 0 Å². The lowest BCUT2D eigenvalue weighted by molar-refractivity contribution is -0.139. The number of allylic oxidation sites excluding steroid dienone is 1. The van der Waals surface area contributed by atoms with E-state index in [1.165, 1.54) is 18.2 Å². The number of nitrogens with zero attached hydrogens (tertiary/aromatic N) is 1. The minimum atomic E-state index is -4.65. The highest BCUT2D eigenvalue weighted by atomic mass is 35.5. The Bertz CT molecular complexity index is 1570. The van der Waals surface area contributed by atoms with Crippen molar-refractivity contribution < 1.29 is 27.5 Å². The van der Waals surface area contributed by atoms with Crippen LogP contribution in [0.2, 0.25) is 5.02 Å². The molecule has 1 aliphatic rings. The van der Waals surface area contributed by atoms with Crippen LogP contribution in [0, 0.1) is 11.3 Å². The number of carbonyl (C=O) groups is 2. The van der Waals surface area contributed by atoms with Crippen molar-refractivity contribution in [1.82, 2.24) is 5.32 Å². The molecule has 1 atom stereocenters. The number of anilines is 1. The second-order valence-electron chi connectivity index (χ2n) is 8.69. The molecule has 0 saturated carbocycles. The number of carbonyl (C=O) groups excluding carboxylic acids is 2. The lowest BCUT2D eigenvalue weighted by atomic mass is 9.81. The lowest BCUT2D eigenvalue weighted by Gasteiger charge is -2.31. The molecule has 0 spiro atoms. The molecule has 1 heterocycles. The normalized spacial score (nSPS) is 15.2. The Morgan fingerprint density at radius 1 is 1.05 bits per heavy atom. The van der Waals surface area contributed by atoms with Gasteiger partial charge >= 0.3 is 12.1 Å². The Hall–Kier alpha value is -4.20. The van der Waals surface area contributed by atoms with E-state index in [1.807, 2.05) is 0 Å². The summed E-state index contributed by atoms with van der Waals surface area (Å²) in [5, 5.41) is 16.3. The predicted molar refractivity (Wildman–Crippen MR) is 152 cm³/mol. The van der Waals surface area contributed by atoms with Gasteiger partial charge in [0.25, 0.3) is 0 Å². The first-order valence-electron chi connectivity index (χ1n) is 12.4. The maximum atomic E-state index is 13.4. The summed E-state index contributed by atoms with van der Waals surface area (Å²) in [5.41, 5.74) is 0.373. The Kier molecular flexibility index (Phi) is 9.42. The van der Waals surface area contributed by atoms with E-state index < -0.39 is 29.5 Å². The SMILES string of the molecule is CCOC(=O)C1=C(c2ccccc2)NC(SCC(=O)Nc2ccccc2C(F)(F)F)=C(C#N)C1c1ccccc1Cl. The average molecular weight is 598 g/mol. The standard InChI is InChI=1S/C30H23ClF3N3O3S/c1-2-40-29(39)26-25(19-12-6-8-14-22(19)31)20(16-35)28(37-27(26)18-10-4-3-5-11-18)41-17-24(38)36-23-15-9-7-13-21(23)30(32,33)34/h3-15,25,37H,2,17H2,1H3,(H,36,38). The van der Waals surface area contributed by atoms with E-state index in [0.717, 1.165) is 17.8 Å². The van der Waals surface area contributed by atoms with Crippen LogP contribution in [0.15, 0.2) is 95.0 Å². The summed E-state index contributed by atoms with van der Waals surface area (Å²) in [6, 6.07) is 22.5. The van der Waals surface area contributed by atoms with Crippen molar-refractivity contribution in [2.24, 2.45) is 0 Å². The van der Waals surface area contributed by atoms with E-state index in [-0.39, 0.29) is 34.2 Å². The molecule has 3 aromatic carbocycles. The smallest absolute Gasteiger partial charge is 0.418 e. The Morgan fingerprint density at radius 2 is 1.71 bits per heavy atom. The van der Waals surface area contributed by atoms with Crippen LogP contribution < -0.4 is 10.6 Å². The summed E-state index contributed by atoms with van der Waals surface area (Å²) in [5.74, 6) is -2.64. The summed E-state index contributed by atoms with van der Waals surface area (Å²) in [6.45, 7) is 1.76. The average Bonchev–Trinajstić information content (AvgIpc) is 2.96. The fraction of sp³-hybridized carbons (Fsp3) is 0.167. The minimum absolute atomic E-state index is 0.0897. The van der Waals surface area contributed by atoms with Gasteiger partial charge < -0.3 is 15.4 Å². The number of ether oxygens (including phenoxy) is 1. The number of benzene rings is 3. The van der Waals surface area contributed by atoms with Gasteiger partial charge in [-0.1, -0.05) is 84.0 Å². The van der Waals surface area contributed by atoms with E-state index in [1.54, 1.807) is 61.5 Å². The van der Waals surface area contributed by atoms with Crippen LogP contribution >= 0.6 is 23.4 Å². The Labute approximate surface area is 243 Å². The summed E-state index contributed by atoms with van der Waals surface area (Å²) in [4.78, 5) is 26.2. The minimum Gasteiger partial charge on any atom is -0.463 e. The molecule has 41 heavy (non-hydrogen) atoms. The maximum absolute atomic E-state index is 13.4. The molecule has 0 aromatic heterocycles. The molecule has 3 aromatic rings. The van der Waals surface area contributed by atoms with Crippen LogP contribution in [0.4, 0.5) is 18.9 Å². The maximum Gasteiger partial charge on any atom is 0.418 e. The van der Waals surface area contributed by atoms with Crippen molar-refractivity contribution in [2.45, 2.75) is 19.0 Å². The number of para-hydroxylation sites is 1.